The van der Waals surface area contributed by atoms with Gasteiger partial charge in [0.15, 0.2) is 0 Å². The molecule has 1 aliphatic rings. The molecule has 0 radical (unpaired) electrons. The third-order valence-electron chi connectivity index (χ3n) is 4.92. The molecule has 1 fully saturated rings. The fourth-order valence-electron chi connectivity index (χ4n) is 3.31. The van der Waals surface area contributed by atoms with E-state index in [4.69, 9.17) is 0 Å². The predicted molar refractivity (Wildman–Crippen MR) is 98.5 cm³/mol. The summed E-state index contributed by atoms with van der Waals surface area (Å²) in [6.45, 7) is 5.46. The van der Waals surface area contributed by atoms with Gasteiger partial charge in [-0.15, -0.1) is 0 Å². The van der Waals surface area contributed by atoms with Crippen LogP contribution in [0.15, 0.2) is 36.4 Å². The normalized spacial score (nSPS) is 14.4. The highest BCUT2D eigenvalue weighted by atomic mass is 19.1. The molecule has 0 aromatic heterocycles. The van der Waals surface area contributed by atoms with Gasteiger partial charge in [0.2, 0.25) is 5.91 Å². The van der Waals surface area contributed by atoms with Crippen LogP contribution in [-0.2, 0) is 11.2 Å². The first-order valence-corrected chi connectivity index (χ1v) is 8.93. The van der Waals surface area contributed by atoms with Crippen LogP contribution in [0.5, 0.6) is 0 Å². The summed E-state index contributed by atoms with van der Waals surface area (Å²) in [5.74, 6) is -2.05. The van der Waals surface area contributed by atoms with Crippen molar-refractivity contribution in [1.82, 2.24) is 9.80 Å². The van der Waals surface area contributed by atoms with Crippen molar-refractivity contribution in [2.24, 2.45) is 0 Å². The maximum atomic E-state index is 13.8. The second-order valence-electron chi connectivity index (χ2n) is 6.90. The Bertz CT molecular complexity index is 874. The van der Waals surface area contributed by atoms with E-state index in [2.05, 4.69) is 6.07 Å². The molecule has 0 unspecified atom stereocenters. The van der Waals surface area contributed by atoms with E-state index >= 15 is 0 Å². The number of hydrogen-bond donors (Lipinski definition) is 0. The van der Waals surface area contributed by atoms with Crippen molar-refractivity contribution in [3.05, 3.63) is 70.3 Å². The van der Waals surface area contributed by atoms with Gasteiger partial charge in [-0.05, 0) is 37.1 Å². The molecule has 0 bridgehead atoms. The van der Waals surface area contributed by atoms with Crippen LogP contribution in [0.25, 0.3) is 0 Å². The zero-order valence-electron chi connectivity index (χ0n) is 15.5. The molecule has 0 atom stereocenters. The molecule has 1 aliphatic heterocycles. The largest absolute Gasteiger partial charge is 0.339 e. The fourth-order valence-corrected chi connectivity index (χ4v) is 3.31. The first-order chi connectivity index (χ1) is 12.8. The molecule has 0 spiro atoms. The number of carbonyl (C=O) groups is 2. The van der Waals surface area contributed by atoms with E-state index in [1.54, 1.807) is 4.90 Å². The molecule has 2 amide bonds. The highest BCUT2D eigenvalue weighted by molar-refractivity contribution is 5.94. The summed E-state index contributed by atoms with van der Waals surface area (Å²) in [5.41, 5.74) is 3.09. The van der Waals surface area contributed by atoms with Gasteiger partial charge < -0.3 is 9.80 Å². The first-order valence-electron chi connectivity index (χ1n) is 8.93. The van der Waals surface area contributed by atoms with Crippen LogP contribution in [0.4, 0.5) is 8.78 Å². The first kappa shape index (κ1) is 19.0. The Morgan fingerprint density at radius 1 is 0.926 bits per heavy atom. The van der Waals surface area contributed by atoms with Crippen LogP contribution in [-0.4, -0.2) is 47.8 Å². The van der Waals surface area contributed by atoms with E-state index in [1.807, 2.05) is 26.0 Å². The van der Waals surface area contributed by atoms with Crippen molar-refractivity contribution in [3.8, 4) is 0 Å². The van der Waals surface area contributed by atoms with Gasteiger partial charge in [-0.2, -0.15) is 0 Å². The van der Waals surface area contributed by atoms with Crippen molar-refractivity contribution in [2.45, 2.75) is 20.3 Å². The van der Waals surface area contributed by atoms with E-state index in [0.717, 1.165) is 28.8 Å². The second kappa shape index (κ2) is 7.86. The van der Waals surface area contributed by atoms with E-state index in [-0.39, 0.29) is 11.5 Å². The number of halogens is 2. The van der Waals surface area contributed by atoms with Crippen molar-refractivity contribution in [3.63, 3.8) is 0 Å². The van der Waals surface area contributed by atoms with Gasteiger partial charge in [-0.3, -0.25) is 9.59 Å². The number of hydrogen-bond acceptors (Lipinski definition) is 2. The molecule has 6 heteroatoms. The Balaban J connectivity index is 1.59. The Labute approximate surface area is 157 Å². The molecule has 4 nitrogen and oxygen atoms in total. The summed E-state index contributed by atoms with van der Waals surface area (Å²) in [7, 11) is 0. The maximum absolute atomic E-state index is 13.8. The number of benzene rings is 2. The van der Waals surface area contributed by atoms with Crippen LogP contribution in [0.1, 0.15) is 27.0 Å². The monoisotopic (exact) mass is 372 g/mol. The Hall–Kier alpha value is -2.76. The molecule has 3 rings (SSSR count). The Morgan fingerprint density at radius 2 is 1.59 bits per heavy atom. The third kappa shape index (κ3) is 4.32. The number of rotatable bonds is 3. The van der Waals surface area contributed by atoms with E-state index in [9.17, 15) is 18.4 Å². The van der Waals surface area contributed by atoms with Crippen LogP contribution >= 0.6 is 0 Å². The summed E-state index contributed by atoms with van der Waals surface area (Å²) < 4.78 is 26.8. The lowest BCUT2D eigenvalue weighted by Crippen LogP contribution is -2.51. The second-order valence-corrected chi connectivity index (χ2v) is 6.90. The average molecular weight is 372 g/mol. The van der Waals surface area contributed by atoms with Gasteiger partial charge in [0.05, 0.1) is 12.0 Å². The van der Waals surface area contributed by atoms with E-state index in [0.29, 0.717) is 38.7 Å². The van der Waals surface area contributed by atoms with Gasteiger partial charge in [-0.1, -0.05) is 23.8 Å². The lowest BCUT2D eigenvalue weighted by atomic mass is 10.0. The molecule has 0 saturated carbocycles. The minimum absolute atomic E-state index is 0.0158. The summed E-state index contributed by atoms with van der Waals surface area (Å²) in [6, 6.07) is 8.95. The average Bonchev–Trinajstić information content (AvgIpc) is 2.63. The highest BCUT2D eigenvalue weighted by Gasteiger charge is 2.26. The van der Waals surface area contributed by atoms with Gasteiger partial charge >= 0.3 is 0 Å². The van der Waals surface area contributed by atoms with Gasteiger partial charge in [-0.25, -0.2) is 8.78 Å². The van der Waals surface area contributed by atoms with Crippen molar-refractivity contribution < 1.29 is 18.4 Å². The van der Waals surface area contributed by atoms with Crippen LogP contribution in [0, 0.1) is 25.5 Å². The lowest BCUT2D eigenvalue weighted by molar-refractivity contribution is -0.131. The summed E-state index contributed by atoms with van der Waals surface area (Å²) >= 11 is 0. The topological polar surface area (TPSA) is 40.6 Å². The number of carbonyl (C=O) groups excluding carboxylic acids is 2. The smallest absolute Gasteiger partial charge is 0.256 e. The van der Waals surface area contributed by atoms with Gasteiger partial charge in [0, 0.05) is 32.2 Å². The third-order valence-corrected chi connectivity index (χ3v) is 4.92. The summed E-state index contributed by atoms with van der Waals surface area (Å²) in [4.78, 5) is 28.2. The summed E-state index contributed by atoms with van der Waals surface area (Å²) in [6.07, 6.45) is 0.326. The zero-order valence-corrected chi connectivity index (χ0v) is 15.5. The van der Waals surface area contributed by atoms with Crippen molar-refractivity contribution in [1.29, 1.82) is 0 Å². The highest BCUT2D eigenvalue weighted by Crippen LogP contribution is 2.16. The minimum atomic E-state index is -0.867. The van der Waals surface area contributed by atoms with Crippen LogP contribution < -0.4 is 0 Å². The molecule has 0 aliphatic carbocycles. The predicted octanol–water partition coefficient (Wildman–Crippen LogP) is 3.11. The van der Waals surface area contributed by atoms with Gasteiger partial charge in [0.1, 0.15) is 11.6 Å². The van der Waals surface area contributed by atoms with E-state index in [1.165, 1.54) is 4.90 Å². The minimum Gasteiger partial charge on any atom is -0.339 e. The van der Waals surface area contributed by atoms with Crippen LogP contribution in [0.3, 0.4) is 0 Å². The quantitative estimate of drug-likeness (QED) is 0.831. The number of piperazine rings is 1. The Morgan fingerprint density at radius 3 is 2.22 bits per heavy atom. The molecular weight excluding hydrogens is 350 g/mol. The standard InChI is InChI=1S/C21H22F2N2O2/c1-14-3-4-16(15(2)11-14)12-20(26)24-7-9-25(10-8-24)21(27)18-6-5-17(22)13-19(18)23/h3-6,11,13H,7-10,12H2,1-2H3. The number of aryl methyl sites for hydroxylation is 2. The summed E-state index contributed by atoms with van der Waals surface area (Å²) in [5, 5.41) is 0. The molecule has 2 aromatic rings. The molecule has 0 N–H and O–H groups in total. The van der Waals surface area contributed by atoms with Crippen molar-refractivity contribution >= 4 is 11.8 Å². The zero-order chi connectivity index (χ0) is 19.6. The molecular formula is C21H22F2N2O2. The molecule has 2 aromatic carbocycles. The lowest BCUT2D eigenvalue weighted by Gasteiger charge is -2.35. The molecule has 142 valence electrons. The Kier molecular flexibility index (Phi) is 5.54. The van der Waals surface area contributed by atoms with Gasteiger partial charge in [0.25, 0.3) is 5.91 Å². The number of amides is 2. The molecule has 1 saturated heterocycles. The van der Waals surface area contributed by atoms with Crippen LogP contribution in [0.2, 0.25) is 0 Å². The fraction of sp³-hybridized carbons (Fsp3) is 0.333. The van der Waals surface area contributed by atoms with E-state index < -0.39 is 17.5 Å². The number of nitrogens with zero attached hydrogens (tertiary/aromatic N) is 2. The van der Waals surface area contributed by atoms with Crippen molar-refractivity contribution in [2.75, 3.05) is 26.2 Å². The SMILES string of the molecule is Cc1ccc(CC(=O)N2CCN(C(=O)c3ccc(F)cc3F)CC2)c(C)c1. The maximum Gasteiger partial charge on any atom is 0.256 e. The molecule has 27 heavy (non-hydrogen) atoms. The molecule has 1 heterocycles.